The molecule has 156 valence electrons. The third-order valence-electron chi connectivity index (χ3n) is 5.40. The van der Waals surface area contributed by atoms with Crippen LogP contribution >= 0.6 is 0 Å². The van der Waals surface area contributed by atoms with Gasteiger partial charge < -0.3 is 19.9 Å². The number of nitrogens with one attached hydrogen (secondary N) is 1. The number of amides is 1. The molecule has 3 rings (SSSR count). The van der Waals surface area contributed by atoms with E-state index >= 15 is 0 Å². The summed E-state index contributed by atoms with van der Waals surface area (Å²) < 4.78 is 7.46. The molecule has 1 amide bonds. The minimum atomic E-state index is -0.460. The summed E-state index contributed by atoms with van der Waals surface area (Å²) >= 11 is 0. The van der Waals surface area contributed by atoms with Crippen LogP contribution in [0, 0.1) is 13.8 Å². The molecule has 2 aliphatic rings. The first-order valence-corrected chi connectivity index (χ1v) is 10.2. The second kappa shape index (κ2) is 8.01. The third-order valence-corrected chi connectivity index (χ3v) is 5.40. The number of fused-ring (bicyclic) bond motifs is 1. The number of carbonyl (C=O) groups is 1. The van der Waals surface area contributed by atoms with E-state index in [1.54, 1.807) is 4.90 Å². The Balaban J connectivity index is 1.44. The van der Waals surface area contributed by atoms with Gasteiger partial charge in [0.1, 0.15) is 5.60 Å². The smallest absolute Gasteiger partial charge is 0.410 e. The zero-order valence-corrected chi connectivity index (χ0v) is 18.1. The number of aryl methyl sites for hydroxylation is 2. The Morgan fingerprint density at radius 3 is 2.68 bits per heavy atom. The van der Waals surface area contributed by atoms with Gasteiger partial charge in [-0.1, -0.05) is 0 Å². The highest BCUT2D eigenvalue weighted by Gasteiger charge is 2.36. The lowest BCUT2D eigenvalue weighted by Crippen LogP contribution is -2.57. The maximum absolute atomic E-state index is 12.3. The van der Waals surface area contributed by atoms with Crippen LogP contribution in [0.4, 0.5) is 4.79 Å². The van der Waals surface area contributed by atoms with Gasteiger partial charge in [-0.25, -0.2) is 4.79 Å². The molecule has 1 fully saturated rings. The summed E-state index contributed by atoms with van der Waals surface area (Å²) in [6.07, 6.45) is 1.83. The SMILES string of the molecule is Cc1nn(C)c(C)c1CCCNC1=NCC2CN(C(=O)OC(C)(C)C)CCN12. The molecule has 0 spiro atoms. The summed E-state index contributed by atoms with van der Waals surface area (Å²) in [6, 6.07) is 0.242. The molecule has 0 saturated carbocycles. The molecular weight excluding hydrogens is 356 g/mol. The molecule has 1 atom stereocenters. The lowest BCUT2D eigenvalue weighted by Gasteiger charge is -2.39. The Morgan fingerprint density at radius 2 is 2.04 bits per heavy atom. The van der Waals surface area contributed by atoms with E-state index in [1.165, 1.54) is 11.3 Å². The van der Waals surface area contributed by atoms with Gasteiger partial charge in [0.05, 0.1) is 18.3 Å². The van der Waals surface area contributed by atoms with Crippen LogP contribution in [-0.4, -0.2) is 76.0 Å². The van der Waals surface area contributed by atoms with Crippen molar-refractivity contribution in [3.05, 3.63) is 17.0 Å². The van der Waals surface area contributed by atoms with Crippen LogP contribution in [0.2, 0.25) is 0 Å². The molecule has 0 bridgehead atoms. The van der Waals surface area contributed by atoms with Crippen molar-refractivity contribution in [2.75, 3.05) is 32.7 Å². The topological polar surface area (TPSA) is 75.0 Å². The van der Waals surface area contributed by atoms with Gasteiger partial charge in [0, 0.05) is 38.9 Å². The molecule has 1 N–H and O–H groups in total. The van der Waals surface area contributed by atoms with E-state index in [2.05, 4.69) is 34.2 Å². The van der Waals surface area contributed by atoms with Crippen molar-refractivity contribution in [2.45, 2.75) is 59.1 Å². The largest absolute Gasteiger partial charge is 0.444 e. The van der Waals surface area contributed by atoms with Crippen LogP contribution in [0.3, 0.4) is 0 Å². The summed E-state index contributed by atoms with van der Waals surface area (Å²) in [5.41, 5.74) is 3.25. The van der Waals surface area contributed by atoms with Crippen LogP contribution in [0.1, 0.15) is 44.1 Å². The number of aromatic nitrogens is 2. The first-order chi connectivity index (χ1) is 13.2. The molecular formula is C20H34N6O2. The van der Waals surface area contributed by atoms with Gasteiger partial charge in [-0.2, -0.15) is 5.10 Å². The Kier molecular flexibility index (Phi) is 5.86. The quantitative estimate of drug-likeness (QED) is 0.794. The van der Waals surface area contributed by atoms with Crippen molar-refractivity contribution in [1.29, 1.82) is 0 Å². The van der Waals surface area contributed by atoms with E-state index in [1.807, 2.05) is 32.5 Å². The highest BCUT2D eigenvalue weighted by Crippen LogP contribution is 2.19. The fourth-order valence-electron chi connectivity index (χ4n) is 3.87. The Hall–Kier alpha value is -2.25. The van der Waals surface area contributed by atoms with Crippen molar-refractivity contribution >= 4 is 12.1 Å². The highest BCUT2D eigenvalue weighted by molar-refractivity contribution is 5.82. The van der Waals surface area contributed by atoms with Gasteiger partial charge in [-0.05, 0) is 53.0 Å². The standard InChI is InChI=1S/C20H34N6O2/c1-14-17(15(2)24(6)23-14)8-7-9-21-18-22-12-16-13-25(10-11-26(16)18)19(27)28-20(3,4)5/h16H,7-13H2,1-6H3,(H,21,22). The van der Waals surface area contributed by atoms with Crippen LogP contribution < -0.4 is 5.32 Å². The van der Waals surface area contributed by atoms with Crippen LogP contribution in [0.25, 0.3) is 0 Å². The second-order valence-electron chi connectivity index (χ2n) is 8.74. The van der Waals surface area contributed by atoms with Gasteiger partial charge in [0.25, 0.3) is 0 Å². The van der Waals surface area contributed by atoms with Crippen molar-refractivity contribution in [1.82, 2.24) is 24.9 Å². The summed E-state index contributed by atoms with van der Waals surface area (Å²) in [6.45, 7) is 13.6. The Labute approximate surface area is 167 Å². The number of piperazine rings is 1. The minimum Gasteiger partial charge on any atom is -0.444 e. The number of aliphatic imine (C=N–C) groups is 1. The Morgan fingerprint density at radius 1 is 1.29 bits per heavy atom. The van der Waals surface area contributed by atoms with Crippen molar-refractivity contribution < 1.29 is 9.53 Å². The summed E-state index contributed by atoms with van der Waals surface area (Å²) in [5.74, 6) is 0.966. The predicted octanol–water partition coefficient (Wildman–Crippen LogP) is 1.85. The summed E-state index contributed by atoms with van der Waals surface area (Å²) in [7, 11) is 1.99. The van der Waals surface area contributed by atoms with Crippen LogP contribution in [0.5, 0.6) is 0 Å². The minimum absolute atomic E-state index is 0.226. The van der Waals surface area contributed by atoms with E-state index in [0.29, 0.717) is 13.1 Å². The normalized spacial score (nSPS) is 19.5. The number of hydrogen-bond donors (Lipinski definition) is 1. The maximum Gasteiger partial charge on any atom is 0.410 e. The molecule has 28 heavy (non-hydrogen) atoms. The highest BCUT2D eigenvalue weighted by atomic mass is 16.6. The first-order valence-electron chi connectivity index (χ1n) is 10.2. The number of ether oxygens (including phenoxy) is 1. The number of nitrogens with zero attached hydrogens (tertiary/aromatic N) is 5. The van der Waals surface area contributed by atoms with Crippen molar-refractivity contribution in [2.24, 2.45) is 12.0 Å². The van der Waals surface area contributed by atoms with Crippen molar-refractivity contribution in [3.63, 3.8) is 0 Å². The molecule has 1 aromatic rings. The molecule has 1 unspecified atom stereocenters. The van der Waals surface area contributed by atoms with E-state index in [-0.39, 0.29) is 12.1 Å². The maximum atomic E-state index is 12.3. The summed E-state index contributed by atoms with van der Waals surface area (Å²) in [5, 5.41) is 7.98. The first kappa shape index (κ1) is 20.5. The fourth-order valence-corrected chi connectivity index (χ4v) is 3.87. The fraction of sp³-hybridized carbons (Fsp3) is 0.750. The molecule has 0 aromatic carbocycles. The zero-order valence-electron chi connectivity index (χ0n) is 18.1. The van der Waals surface area contributed by atoms with Gasteiger partial charge >= 0.3 is 6.09 Å². The average Bonchev–Trinajstić information content (AvgIpc) is 3.11. The van der Waals surface area contributed by atoms with Crippen LogP contribution in [-0.2, 0) is 18.2 Å². The van der Waals surface area contributed by atoms with E-state index in [4.69, 9.17) is 4.74 Å². The van der Waals surface area contributed by atoms with E-state index in [0.717, 1.165) is 44.1 Å². The molecule has 0 aliphatic carbocycles. The van der Waals surface area contributed by atoms with E-state index < -0.39 is 5.60 Å². The predicted molar refractivity (Wildman–Crippen MR) is 110 cm³/mol. The lowest BCUT2D eigenvalue weighted by molar-refractivity contribution is 0.0137. The molecule has 2 aliphatic heterocycles. The zero-order chi connectivity index (χ0) is 20.5. The molecule has 8 heteroatoms. The molecule has 1 aromatic heterocycles. The number of rotatable bonds is 4. The molecule has 8 nitrogen and oxygen atoms in total. The van der Waals surface area contributed by atoms with Gasteiger partial charge in [-0.15, -0.1) is 0 Å². The number of hydrogen-bond acceptors (Lipinski definition) is 6. The van der Waals surface area contributed by atoms with Crippen molar-refractivity contribution in [3.8, 4) is 0 Å². The Bertz CT molecular complexity index is 749. The summed E-state index contributed by atoms with van der Waals surface area (Å²) in [4.78, 5) is 21.1. The number of carbonyl (C=O) groups excluding carboxylic acids is 1. The third kappa shape index (κ3) is 4.59. The molecule has 3 heterocycles. The van der Waals surface area contributed by atoms with E-state index in [9.17, 15) is 4.79 Å². The monoisotopic (exact) mass is 390 g/mol. The molecule has 1 saturated heterocycles. The van der Waals surface area contributed by atoms with Gasteiger partial charge in [0.2, 0.25) is 0 Å². The molecule has 0 radical (unpaired) electrons. The average molecular weight is 391 g/mol. The van der Waals surface area contributed by atoms with Gasteiger partial charge in [-0.3, -0.25) is 9.67 Å². The lowest BCUT2D eigenvalue weighted by atomic mass is 10.1. The van der Waals surface area contributed by atoms with Crippen LogP contribution in [0.15, 0.2) is 4.99 Å². The van der Waals surface area contributed by atoms with Gasteiger partial charge in [0.15, 0.2) is 5.96 Å². The number of guanidine groups is 1. The second-order valence-corrected chi connectivity index (χ2v) is 8.74.